The van der Waals surface area contributed by atoms with Crippen LogP contribution in [0, 0.1) is 13.8 Å². The highest BCUT2D eigenvalue weighted by Crippen LogP contribution is 2.25. The molecule has 0 atom stereocenters. The quantitative estimate of drug-likeness (QED) is 0.756. The molecule has 0 spiro atoms. The van der Waals surface area contributed by atoms with Gasteiger partial charge in [0.05, 0.1) is 12.6 Å². The van der Waals surface area contributed by atoms with Gasteiger partial charge in [0, 0.05) is 28.2 Å². The van der Waals surface area contributed by atoms with E-state index in [1.54, 1.807) is 0 Å². The number of anilines is 1. The van der Waals surface area contributed by atoms with E-state index in [1.807, 2.05) is 51.1 Å². The first-order valence-corrected chi connectivity index (χ1v) is 8.83. The monoisotopic (exact) mass is 342 g/mol. The number of hydrogen-bond acceptors (Lipinski definition) is 3. The van der Waals surface area contributed by atoms with Gasteiger partial charge in [-0.3, -0.25) is 4.79 Å². The van der Waals surface area contributed by atoms with Gasteiger partial charge in [-0.2, -0.15) is 0 Å². The van der Waals surface area contributed by atoms with Crippen LogP contribution < -0.4 is 10.1 Å². The van der Waals surface area contributed by atoms with Crippen LogP contribution in [0.4, 0.5) is 5.69 Å². The van der Waals surface area contributed by atoms with Crippen molar-refractivity contribution < 1.29 is 9.53 Å². The van der Waals surface area contributed by atoms with Crippen LogP contribution in [0.25, 0.3) is 0 Å². The molecule has 1 aromatic carbocycles. The zero-order valence-corrected chi connectivity index (χ0v) is 16.4. The summed E-state index contributed by atoms with van der Waals surface area (Å²) in [5, 5.41) is 3.20. The van der Waals surface area contributed by atoms with Gasteiger partial charge >= 0.3 is 0 Å². The maximum Gasteiger partial charge on any atom is 0.183 e. The Morgan fingerprint density at radius 2 is 1.76 bits per heavy atom. The van der Waals surface area contributed by atoms with E-state index in [0.29, 0.717) is 0 Å². The molecule has 0 aliphatic heterocycles. The first-order chi connectivity index (χ1) is 11.6. The standard InChI is InChI=1S/C21H30N2O2/c1-14(2)25-18-10-8-17(9-11-18)22-13-20(24)19-12-15(3)23(16(19)4)21(5,6)7/h8-12,14,22H,13H2,1-7H3. The van der Waals surface area contributed by atoms with Crippen molar-refractivity contribution in [3.8, 4) is 5.75 Å². The van der Waals surface area contributed by atoms with Crippen molar-refractivity contribution >= 4 is 11.5 Å². The van der Waals surface area contributed by atoms with Gasteiger partial charge in [0.1, 0.15) is 5.75 Å². The van der Waals surface area contributed by atoms with Gasteiger partial charge in [0.25, 0.3) is 0 Å². The Labute approximate surface area is 151 Å². The van der Waals surface area contributed by atoms with Crippen molar-refractivity contribution in [3.63, 3.8) is 0 Å². The number of carbonyl (C=O) groups is 1. The Balaban J connectivity index is 2.06. The molecule has 136 valence electrons. The number of benzene rings is 1. The number of hydrogen-bond donors (Lipinski definition) is 1. The fourth-order valence-electron chi connectivity index (χ4n) is 3.28. The van der Waals surface area contributed by atoms with Crippen molar-refractivity contribution in [2.75, 3.05) is 11.9 Å². The minimum Gasteiger partial charge on any atom is -0.491 e. The molecule has 1 N–H and O–H groups in total. The predicted octanol–water partition coefficient (Wildman–Crippen LogP) is 4.94. The molecule has 0 aliphatic carbocycles. The van der Waals surface area contributed by atoms with Crippen molar-refractivity contribution in [2.24, 2.45) is 0 Å². The van der Waals surface area contributed by atoms with Gasteiger partial charge in [-0.25, -0.2) is 0 Å². The summed E-state index contributed by atoms with van der Waals surface area (Å²) in [7, 11) is 0. The van der Waals surface area contributed by atoms with Crippen molar-refractivity contribution in [1.29, 1.82) is 0 Å². The molecule has 0 unspecified atom stereocenters. The number of nitrogens with one attached hydrogen (secondary N) is 1. The molecule has 4 heteroatoms. The van der Waals surface area contributed by atoms with Crippen LogP contribution in [0.2, 0.25) is 0 Å². The number of carbonyl (C=O) groups excluding carboxylic acids is 1. The lowest BCUT2D eigenvalue weighted by Gasteiger charge is -2.25. The predicted molar refractivity (Wildman–Crippen MR) is 104 cm³/mol. The maximum absolute atomic E-state index is 12.6. The minimum absolute atomic E-state index is 0.0353. The molecule has 0 aliphatic rings. The number of rotatable bonds is 6. The van der Waals surface area contributed by atoms with Crippen LogP contribution in [0.1, 0.15) is 56.4 Å². The second-order valence-electron chi connectivity index (χ2n) is 7.76. The summed E-state index contributed by atoms with van der Waals surface area (Å²) in [4.78, 5) is 12.6. The highest BCUT2D eigenvalue weighted by Gasteiger charge is 2.22. The zero-order chi connectivity index (χ0) is 18.8. The van der Waals surface area contributed by atoms with Crippen LogP contribution in [-0.2, 0) is 5.54 Å². The van der Waals surface area contributed by atoms with E-state index in [2.05, 4.69) is 37.6 Å². The van der Waals surface area contributed by atoms with E-state index < -0.39 is 0 Å². The molecule has 0 fully saturated rings. The summed E-state index contributed by atoms with van der Waals surface area (Å²) < 4.78 is 7.85. The number of aryl methyl sites for hydroxylation is 1. The highest BCUT2D eigenvalue weighted by atomic mass is 16.5. The highest BCUT2D eigenvalue weighted by molar-refractivity contribution is 6.00. The van der Waals surface area contributed by atoms with Gasteiger partial charge in [-0.15, -0.1) is 0 Å². The molecule has 4 nitrogen and oxygen atoms in total. The van der Waals surface area contributed by atoms with E-state index in [0.717, 1.165) is 28.4 Å². The number of ether oxygens (including phenoxy) is 1. The summed E-state index contributed by atoms with van der Waals surface area (Å²) in [6.45, 7) is 14.8. The normalized spacial score (nSPS) is 11.7. The summed E-state index contributed by atoms with van der Waals surface area (Å²) in [5.41, 5.74) is 3.81. The van der Waals surface area contributed by atoms with Gasteiger partial charge < -0.3 is 14.6 Å². The first kappa shape index (κ1) is 19.1. The molecule has 1 aromatic heterocycles. The Hall–Kier alpha value is -2.23. The number of aromatic nitrogens is 1. The molecule has 2 aromatic rings. The lowest BCUT2D eigenvalue weighted by atomic mass is 10.1. The lowest BCUT2D eigenvalue weighted by Crippen LogP contribution is -2.24. The summed E-state index contributed by atoms with van der Waals surface area (Å²) in [6.07, 6.45) is 0.151. The third-order valence-electron chi connectivity index (χ3n) is 4.08. The van der Waals surface area contributed by atoms with Crippen LogP contribution in [-0.4, -0.2) is 23.0 Å². The van der Waals surface area contributed by atoms with Crippen LogP contribution in [0.3, 0.4) is 0 Å². The van der Waals surface area contributed by atoms with E-state index in [-0.39, 0.29) is 24.0 Å². The number of Topliss-reactive ketones (excluding diaryl/α,β-unsaturated/α-hetero) is 1. The Kier molecular flexibility index (Phi) is 5.61. The molecule has 0 radical (unpaired) electrons. The Bertz CT molecular complexity index is 734. The zero-order valence-electron chi connectivity index (χ0n) is 16.4. The van der Waals surface area contributed by atoms with Gasteiger partial charge in [-0.1, -0.05) is 0 Å². The van der Waals surface area contributed by atoms with Crippen LogP contribution in [0.15, 0.2) is 30.3 Å². The lowest BCUT2D eigenvalue weighted by molar-refractivity contribution is 0.100. The van der Waals surface area contributed by atoms with E-state index in [4.69, 9.17) is 4.74 Å². The molecule has 0 bridgehead atoms. The second-order valence-corrected chi connectivity index (χ2v) is 7.76. The second kappa shape index (κ2) is 7.34. The smallest absolute Gasteiger partial charge is 0.183 e. The summed E-state index contributed by atoms with van der Waals surface area (Å²) in [5.74, 6) is 0.937. The Morgan fingerprint density at radius 1 is 1.16 bits per heavy atom. The third kappa shape index (κ3) is 4.65. The van der Waals surface area contributed by atoms with Crippen molar-refractivity contribution in [3.05, 3.63) is 47.3 Å². The summed E-state index contributed by atoms with van der Waals surface area (Å²) in [6, 6.07) is 9.69. The topological polar surface area (TPSA) is 43.3 Å². The average molecular weight is 342 g/mol. The SMILES string of the molecule is Cc1cc(C(=O)CNc2ccc(OC(C)C)cc2)c(C)n1C(C)(C)C. The van der Waals surface area contributed by atoms with E-state index in [9.17, 15) is 4.79 Å². The summed E-state index contributed by atoms with van der Waals surface area (Å²) >= 11 is 0. The molecular formula is C21H30N2O2. The maximum atomic E-state index is 12.6. The largest absolute Gasteiger partial charge is 0.491 e. The minimum atomic E-state index is -0.0353. The van der Waals surface area contributed by atoms with Gasteiger partial charge in [-0.05, 0) is 78.8 Å². The van der Waals surface area contributed by atoms with Gasteiger partial charge in [0.15, 0.2) is 5.78 Å². The van der Waals surface area contributed by atoms with E-state index >= 15 is 0 Å². The molecule has 0 saturated carbocycles. The fraction of sp³-hybridized carbons (Fsp3) is 0.476. The van der Waals surface area contributed by atoms with Crippen LogP contribution >= 0.6 is 0 Å². The first-order valence-electron chi connectivity index (χ1n) is 8.83. The molecule has 0 amide bonds. The molecule has 25 heavy (non-hydrogen) atoms. The van der Waals surface area contributed by atoms with E-state index in [1.165, 1.54) is 0 Å². The molecule has 1 heterocycles. The number of nitrogens with zero attached hydrogens (tertiary/aromatic N) is 1. The Morgan fingerprint density at radius 3 is 2.24 bits per heavy atom. The van der Waals surface area contributed by atoms with Crippen molar-refractivity contribution in [1.82, 2.24) is 4.57 Å². The molecule has 2 rings (SSSR count). The number of ketones is 1. The molecular weight excluding hydrogens is 312 g/mol. The van der Waals surface area contributed by atoms with Gasteiger partial charge in [0.2, 0.25) is 0 Å². The van der Waals surface area contributed by atoms with Crippen LogP contribution in [0.5, 0.6) is 5.75 Å². The molecule has 0 saturated heterocycles. The van der Waals surface area contributed by atoms with Crippen molar-refractivity contribution in [2.45, 2.75) is 60.1 Å². The third-order valence-corrected chi connectivity index (χ3v) is 4.08. The fourth-order valence-corrected chi connectivity index (χ4v) is 3.28. The average Bonchev–Trinajstić information content (AvgIpc) is 2.80.